The van der Waals surface area contributed by atoms with Gasteiger partial charge in [-0.05, 0) is 23.6 Å². The molecule has 1 heterocycles. The van der Waals surface area contributed by atoms with E-state index < -0.39 is 0 Å². The number of aromatic nitrogens is 2. The number of phenols is 1. The summed E-state index contributed by atoms with van der Waals surface area (Å²) in [5.74, 6) is 0.690. The Morgan fingerprint density at radius 3 is 2.80 bits per heavy atom. The zero-order valence-electron chi connectivity index (χ0n) is 11.7. The molecule has 0 atom stereocenters. The van der Waals surface area contributed by atoms with E-state index in [1.165, 1.54) is 10.7 Å². The Morgan fingerprint density at radius 1 is 1.35 bits per heavy atom. The summed E-state index contributed by atoms with van der Waals surface area (Å²) < 4.78 is 1.37. The second kappa shape index (κ2) is 6.23. The highest BCUT2D eigenvalue weighted by Gasteiger charge is 2.03. The summed E-state index contributed by atoms with van der Waals surface area (Å²) in [5, 5.41) is 16.7. The van der Waals surface area contributed by atoms with Crippen molar-refractivity contribution < 1.29 is 5.11 Å². The minimum absolute atomic E-state index is 0.165. The second-order valence-corrected chi connectivity index (χ2v) is 5.18. The van der Waals surface area contributed by atoms with Crippen LogP contribution < -0.4 is 10.9 Å². The minimum atomic E-state index is -0.165. The van der Waals surface area contributed by atoms with Crippen molar-refractivity contribution in [3.63, 3.8) is 0 Å². The van der Waals surface area contributed by atoms with Crippen LogP contribution in [0.4, 0.5) is 5.69 Å². The molecule has 0 aliphatic heterocycles. The van der Waals surface area contributed by atoms with Crippen molar-refractivity contribution in [2.75, 3.05) is 11.9 Å². The first-order valence-corrected chi connectivity index (χ1v) is 6.63. The molecule has 106 valence electrons. The predicted molar refractivity (Wildman–Crippen MR) is 79.0 cm³/mol. The van der Waals surface area contributed by atoms with Crippen LogP contribution >= 0.6 is 0 Å². The van der Waals surface area contributed by atoms with Gasteiger partial charge in [-0.3, -0.25) is 4.79 Å². The molecule has 1 aromatic heterocycles. The molecule has 5 heteroatoms. The van der Waals surface area contributed by atoms with Crippen molar-refractivity contribution in [1.29, 1.82) is 0 Å². The Kier molecular flexibility index (Phi) is 4.40. The molecule has 2 aromatic rings. The van der Waals surface area contributed by atoms with Crippen molar-refractivity contribution in [3.05, 3.63) is 52.4 Å². The molecular weight excluding hydrogens is 254 g/mol. The summed E-state index contributed by atoms with van der Waals surface area (Å²) in [5.41, 5.74) is 1.40. The van der Waals surface area contributed by atoms with E-state index in [1.54, 1.807) is 24.4 Å². The number of nitrogens with zero attached hydrogens (tertiary/aromatic N) is 2. The van der Waals surface area contributed by atoms with Crippen molar-refractivity contribution in [1.82, 2.24) is 9.78 Å². The molecule has 0 bridgehead atoms. The first kappa shape index (κ1) is 14.1. The number of phenolic OH excluding ortho intramolecular Hbond substituents is 1. The SMILES string of the molecule is CC(C)CNc1cnn(Cc2cccc(O)c2)c(=O)c1. The Morgan fingerprint density at radius 2 is 2.15 bits per heavy atom. The topological polar surface area (TPSA) is 67.2 Å². The Hall–Kier alpha value is -2.30. The molecule has 0 spiro atoms. The molecule has 20 heavy (non-hydrogen) atoms. The molecule has 2 N–H and O–H groups in total. The van der Waals surface area contributed by atoms with E-state index in [0.29, 0.717) is 12.5 Å². The third-order valence-corrected chi connectivity index (χ3v) is 2.83. The maximum Gasteiger partial charge on any atom is 0.269 e. The number of benzene rings is 1. The largest absolute Gasteiger partial charge is 0.508 e. The molecule has 0 fully saturated rings. The number of anilines is 1. The Labute approximate surface area is 117 Å². The minimum Gasteiger partial charge on any atom is -0.508 e. The number of rotatable bonds is 5. The maximum absolute atomic E-state index is 12.0. The van der Waals surface area contributed by atoms with Gasteiger partial charge in [0.05, 0.1) is 18.4 Å². The van der Waals surface area contributed by atoms with Crippen molar-refractivity contribution >= 4 is 5.69 Å². The lowest BCUT2D eigenvalue weighted by molar-refractivity contribution is 0.474. The van der Waals surface area contributed by atoms with Crippen molar-refractivity contribution in [2.45, 2.75) is 20.4 Å². The molecule has 0 amide bonds. The lowest BCUT2D eigenvalue weighted by Crippen LogP contribution is -2.23. The highest BCUT2D eigenvalue weighted by molar-refractivity contribution is 5.38. The third-order valence-electron chi connectivity index (χ3n) is 2.83. The van der Waals surface area contributed by atoms with Gasteiger partial charge in [0.25, 0.3) is 5.56 Å². The zero-order valence-corrected chi connectivity index (χ0v) is 11.7. The standard InChI is InChI=1S/C15H19N3O2/c1-11(2)8-16-13-7-15(20)18(17-9-13)10-12-4-3-5-14(19)6-12/h3-7,9,11,16,19H,8,10H2,1-2H3. The van der Waals surface area contributed by atoms with Crippen LogP contribution in [0, 0.1) is 5.92 Å². The Bertz CT molecular complexity index is 635. The van der Waals surface area contributed by atoms with E-state index in [1.807, 2.05) is 6.07 Å². The van der Waals surface area contributed by atoms with Crippen molar-refractivity contribution in [2.24, 2.45) is 5.92 Å². The number of nitrogens with one attached hydrogen (secondary N) is 1. The van der Waals surface area contributed by atoms with Crippen LogP contribution in [0.5, 0.6) is 5.75 Å². The van der Waals surface area contributed by atoms with E-state index in [-0.39, 0.29) is 11.3 Å². The molecule has 1 aromatic carbocycles. The smallest absolute Gasteiger partial charge is 0.269 e. The molecule has 2 rings (SSSR count). The normalized spacial score (nSPS) is 10.8. The van der Waals surface area contributed by atoms with Gasteiger partial charge in [0, 0.05) is 12.6 Å². The fourth-order valence-corrected chi connectivity index (χ4v) is 1.80. The van der Waals surface area contributed by atoms with E-state index in [9.17, 15) is 9.90 Å². The van der Waals surface area contributed by atoms with Crippen LogP contribution in [-0.4, -0.2) is 21.4 Å². The van der Waals surface area contributed by atoms with E-state index in [2.05, 4.69) is 24.3 Å². The summed E-state index contributed by atoms with van der Waals surface area (Å²) in [6, 6.07) is 8.35. The molecule has 0 aliphatic rings. The average molecular weight is 273 g/mol. The lowest BCUT2D eigenvalue weighted by atomic mass is 10.2. The van der Waals surface area contributed by atoms with Crippen LogP contribution in [0.1, 0.15) is 19.4 Å². The fourth-order valence-electron chi connectivity index (χ4n) is 1.80. The number of hydrogen-bond acceptors (Lipinski definition) is 4. The highest BCUT2D eigenvalue weighted by Crippen LogP contribution is 2.11. The van der Waals surface area contributed by atoms with E-state index in [0.717, 1.165) is 17.8 Å². The van der Waals surface area contributed by atoms with Gasteiger partial charge in [0.1, 0.15) is 5.75 Å². The second-order valence-electron chi connectivity index (χ2n) is 5.18. The maximum atomic E-state index is 12.0. The van der Waals surface area contributed by atoms with Gasteiger partial charge >= 0.3 is 0 Å². The van der Waals surface area contributed by atoms with E-state index >= 15 is 0 Å². The summed E-state index contributed by atoms with van der Waals surface area (Å²) in [7, 11) is 0. The van der Waals surface area contributed by atoms with Crippen LogP contribution in [-0.2, 0) is 6.54 Å². The first-order valence-electron chi connectivity index (χ1n) is 6.63. The average Bonchev–Trinajstić information content (AvgIpc) is 2.39. The van der Waals surface area contributed by atoms with Gasteiger partial charge in [-0.15, -0.1) is 0 Å². The summed E-state index contributed by atoms with van der Waals surface area (Å²) in [6.07, 6.45) is 1.65. The molecule has 0 unspecified atom stereocenters. The van der Waals surface area contributed by atoms with Gasteiger partial charge in [0.15, 0.2) is 0 Å². The molecule has 0 radical (unpaired) electrons. The van der Waals surface area contributed by atoms with Gasteiger partial charge in [-0.2, -0.15) is 5.10 Å². The van der Waals surface area contributed by atoms with Crippen LogP contribution in [0.25, 0.3) is 0 Å². The van der Waals surface area contributed by atoms with Gasteiger partial charge in [0.2, 0.25) is 0 Å². The van der Waals surface area contributed by atoms with E-state index in [4.69, 9.17) is 0 Å². The molecule has 0 aliphatic carbocycles. The van der Waals surface area contributed by atoms with Gasteiger partial charge < -0.3 is 10.4 Å². The van der Waals surface area contributed by atoms with Crippen LogP contribution in [0.3, 0.4) is 0 Å². The van der Waals surface area contributed by atoms with Crippen molar-refractivity contribution in [3.8, 4) is 5.75 Å². The lowest BCUT2D eigenvalue weighted by Gasteiger charge is -2.10. The summed E-state index contributed by atoms with van der Waals surface area (Å²) in [4.78, 5) is 12.0. The van der Waals surface area contributed by atoms with Crippen LogP contribution in [0.2, 0.25) is 0 Å². The Balaban J connectivity index is 2.12. The summed E-state index contributed by atoms with van der Waals surface area (Å²) in [6.45, 7) is 5.35. The predicted octanol–water partition coefficient (Wildman–Crippen LogP) is 2.07. The molecule has 0 saturated heterocycles. The highest BCUT2D eigenvalue weighted by atomic mass is 16.3. The first-order chi connectivity index (χ1) is 9.54. The fraction of sp³-hybridized carbons (Fsp3) is 0.333. The third kappa shape index (κ3) is 3.85. The summed E-state index contributed by atoms with van der Waals surface area (Å²) >= 11 is 0. The zero-order chi connectivity index (χ0) is 14.5. The number of hydrogen-bond donors (Lipinski definition) is 2. The molecule has 0 saturated carbocycles. The van der Waals surface area contributed by atoms with Gasteiger partial charge in [-0.25, -0.2) is 4.68 Å². The molecule has 5 nitrogen and oxygen atoms in total. The monoisotopic (exact) mass is 273 g/mol. The quantitative estimate of drug-likeness (QED) is 0.875. The van der Waals surface area contributed by atoms with Crippen LogP contribution in [0.15, 0.2) is 41.3 Å². The van der Waals surface area contributed by atoms with Gasteiger partial charge in [-0.1, -0.05) is 26.0 Å². The molecular formula is C15H19N3O2. The number of aromatic hydroxyl groups is 1.